The van der Waals surface area contributed by atoms with E-state index in [9.17, 15) is 8.78 Å². The Labute approximate surface area is 237 Å². The molecule has 0 saturated carbocycles. The van der Waals surface area contributed by atoms with E-state index in [2.05, 4.69) is 30.4 Å². The number of rotatable bonds is 6. The summed E-state index contributed by atoms with van der Waals surface area (Å²) in [6.07, 6.45) is 3.51. The summed E-state index contributed by atoms with van der Waals surface area (Å²) in [6.45, 7) is 3.08. The van der Waals surface area contributed by atoms with Gasteiger partial charge in [-0.05, 0) is 30.3 Å². The highest BCUT2D eigenvalue weighted by atomic mass is 32.2. The Morgan fingerprint density at radius 3 is 1.95 bits per heavy atom. The summed E-state index contributed by atoms with van der Waals surface area (Å²) in [6, 6.07) is 12.7. The lowest BCUT2D eigenvalue weighted by atomic mass is 10.3. The van der Waals surface area contributed by atoms with E-state index in [-0.39, 0.29) is 11.6 Å². The van der Waals surface area contributed by atoms with E-state index in [1.54, 1.807) is 47.4 Å². The van der Waals surface area contributed by atoms with Gasteiger partial charge in [0, 0.05) is 37.7 Å². The molecule has 14 heteroatoms. The number of piperazine rings is 1. The molecule has 1 aliphatic heterocycles. The molecule has 1 fully saturated rings. The second-order valence-corrected chi connectivity index (χ2v) is 11.5. The topological polar surface area (TPSA) is 67.9 Å². The largest absolute Gasteiger partial charge is 0.354 e. The first-order valence-electron chi connectivity index (χ1n) is 11.6. The SMILES string of the molecule is Fc1cccc(-n2cc(CSC(=S)N3CCN(C(=S)SCc4cn(-c5ccccc5F)nn4)CC3)nn2)c1. The Balaban J connectivity index is 1.05. The molecule has 8 nitrogen and oxygen atoms in total. The normalized spacial score (nSPS) is 13.6. The Morgan fingerprint density at radius 2 is 1.34 bits per heavy atom. The molecule has 0 unspecified atom stereocenters. The first-order chi connectivity index (χ1) is 18.5. The first kappa shape index (κ1) is 26.7. The second-order valence-electron chi connectivity index (χ2n) is 8.32. The van der Waals surface area contributed by atoms with Gasteiger partial charge in [-0.1, -0.05) is 76.6 Å². The molecule has 38 heavy (non-hydrogen) atoms. The van der Waals surface area contributed by atoms with Gasteiger partial charge in [-0.15, -0.1) is 10.2 Å². The van der Waals surface area contributed by atoms with Gasteiger partial charge in [-0.2, -0.15) is 0 Å². The van der Waals surface area contributed by atoms with E-state index in [0.29, 0.717) is 22.9 Å². The molecule has 0 atom stereocenters. The molecule has 2 aromatic heterocycles. The quantitative estimate of drug-likeness (QED) is 0.301. The minimum atomic E-state index is -0.351. The van der Waals surface area contributed by atoms with Gasteiger partial charge >= 0.3 is 0 Å². The number of benzene rings is 2. The average molecular weight is 589 g/mol. The van der Waals surface area contributed by atoms with Gasteiger partial charge < -0.3 is 9.80 Å². The van der Waals surface area contributed by atoms with Crippen LogP contribution >= 0.6 is 48.0 Å². The molecular weight excluding hydrogens is 567 g/mol. The van der Waals surface area contributed by atoms with Gasteiger partial charge in [0.15, 0.2) is 0 Å². The minimum Gasteiger partial charge on any atom is -0.354 e. The number of hydrogen-bond acceptors (Lipinski definition) is 8. The van der Waals surface area contributed by atoms with E-state index in [1.807, 2.05) is 0 Å². The zero-order valence-electron chi connectivity index (χ0n) is 20.0. The van der Waals surface area contributed by atoms with Gasteiger partial charge in [0.05, 0.1) is 29.5 Å². The number of thiocarbonyl (C=S) groups is 2. The number of aromatic nitrogens is 6. The van der Waals surface area contributed by atoms with Crippen LogP contribution in [-0.4, -0.2) is 74.6 Å². The van der Waals surface area contributed by atoms with Crippen molar-refractivity contribution >= 4 is 56.6 Å². The zero-order chi connectivity index (χ0) is 26.5. The summed E-state index contributed by atoms with van der Waals surface area (Å²) in [5.74, 6) is 0.463. The van der Waals surface area contributed by atoms with Crippen LogP contribution in [0.4, 0.5) is 8.78 Å². The third-order valence-corrected chi connectivity index (χ3v) is 8.85. The van der Waals surface area contributed by atoms with Crippen LogP contribution in [0.1, 0.15) is 11.4 Å². The van der Waals surface area contributed by atoms with Gasteiger partial charge in [-0.3, -0.25) is 0 Å². The summed E-state index contributed by atoms with van der Waals surface area (Å²) in [4.78, 5) is 4.33. The Bertz CT molecular complexity index is 1430. The van der Waals surface area contributed by atoms with Crippen LogP contribution in [0.2, 0.25) is 0 Å². The molecule has 0 aliphatic carbocycles. The standard InChI is InChI=1S/C24H22F2N8S4/c25-17-4-3-5-20(12-17)33-13-18(27-29-33)15-37-23(35)31-8-10-32(11-9-31)24(36)38-16-19-14-34(30-28-19)22-7-2-1-6-21(22)26/h1-7,12-14H,8-11,15-16H2. The molecule has 1 saturated heterocycles. The summed E-state index contributed by atoms with van der Waals surface area (Å²) < 4.78 is 32.0. The predicted molar refractivity (Wildman–Crippen MR) is 154 cm³/mol. The lowest BCUT2D eigenvalue weighted by molar-refractivity contribution is 0.271. The van der Waals surface area contributed by atoms with Gasteiger partial charge in [-0.25, -0.2) is 18.1 Å². The fraction of sp³-hybridized carbons (Fsp3) is 0.250. The van der Waals surface area contributed by atoms with Crippen molar-refractivity contribution in [2.45, 2.75) is 11.5 Å². The minimum absolute atomic E-state index is 0.320. The average Bonchev–Trinajstić information content (AvgIpc) is 3.61. The van der Waals surface area contributed by atoms with Crippen molar-refractivity contribution in [2.75, 3.05) is 26.2 Å². The van der Waals surface area contributed by atoms with Crippen molar-refractivity contribution in [1.82, 2.24) is 39.8 Å². The number of halogens is 2. The molecule has 4 aromatic rings. The molecule has 2 aromatic carbocycles. The Kier molecular flexibility index (Phi) is 8.61. The molecule has 3 heterocycles. The van der Waals surface area contributed by atoms with Crippen molar-refractivity contribution in [3.63, 3.8) is 0 Å². The van der Waals surface area contributed by atoms with Crippen molar-refractivity contribution in [2.24, 2.45) is 0 Å². The maximum Gasteiger partial charge on any atom is 0.148 e. The summed E-state index contributed by atoms with van der Waals surface area (Å²) >= 11 is 14.3. The van der Waals surface area contributed by atoms with Crippen LogP contribution in [0, 0.1) is 11.6 Å². The fourth-order valence-corrected chi connectivity index (χ4v) is 6.01. The van der Waals surface area contributed by atoms with E-state index in [4.69, 9.17) is 24.4 Å². The van der Waals surface area contributed by atoms with Crippen molar-refractivity contribution in [3.05, 3.63) is 83.9 Å². The van der Waals surface area contributed by atoms with Crippen LogP contribution in [-0.2, 0) is 11.5 Å². The maximum atomic E-state index is 14.0. The lowest BCUT2D eigenvalue weighted by Crippen LogP contribution is -2.48. The van der Waals surface area contributed by atoms with E-state index in [0.717, 1.165) is 46.2 Å². The Hall–Kier alpha value is -2.94. The number of para-hydroxylation sites is 1. The van der Waals surface area contributed by atoms with Gasteiger partial charge in [0.1, 0.15) is 26.0 Å². The van der Waals surface area contributed by atoms with Crippen molar-refractivity contribution < 1.29 is 8.78 Å². The molecule has 196 valence electrons. The summed E-state index contributed by atoms with van der Waals surface area (Å²) in [7, 11) is 0. The van der Waals surface area contributed by atoms with E-state index >= 15 is 0 Å². The smallest absolute Gasteiger partial charge is 0.148 e. The summed E-state index contributed by atoms with van der Waals surface area (Å²) in [5.41, 5.74) is 2.48. The predicted octanol–water partition coefficient (Wildman–Crippen LogP) is 4.48. The highest BCUT2D eigenvalue weighted by molar-refractivity contribution is 8.22. The Morgan fingerprint density at radius 1 is 0.763 bits per heavy atom. The molecule has 0 N–H and O–H groups in total. The number of nitrogens with zero attached hydrogens (tertiary/aromatic N) is 8. The van der Waals surface area contributed by atoms with Gasteiger partial charge in [0.25, 0.3) is 0 Å². The molecular formula is C24H22F2N8S4. The van der Waals surface area contributed by atoms with Crippen LogP contribution in [0.25, 0.3) is 11.4 Å². The molecule has 1 aliphatic rings. The maximum absolute atomic E-state index is 14.0. The highest BCUT2D eigenvalue weighted by Gasteiger charge is 2.22. The van der Waals surface area contributed by atoms with Gasteiger partial charge in [0.2, 0.25) is 0 Å². The molecule has 0 bridgehead atoms. The monoisotopic (exact) mass is 588 g/mol. The third kappa shape index (κ3) is 6.54. The van der Waals surface area contributed by atoms with Crippen LogP contribution < -0.4 is 0 Å². The molecule has 0 amide bonds. The first-order valence-corrected chi connectivity index (χ1v) is 14.4. The number of hydrogen-bond donors (Lipinski definition) is 0. The van der Waals surface area contributed by atoms with Crippen molar-refractivity contribution in [1.29, 1.82) is 0 Å². The van der Waals surface area contributed by atoms with Crippen molar-refractivity contribution in [3.8, 4) is 11.4 Å². The molecule has 5 rings (SSSR count). The summed E-state index contributed by atoms with van der Waals surface area (Å²) in [5, 5.41) is 16.4. The lowest BCUT2D eigenvalue weighted by Gasteiger charge is -2.36. The molecule has 0 radical (unpaired) electrons. The van der Waals surface area contributed by atoms with Crippen LogP contribution in [0.3, 0.4) is 0 Å². The van der Waals surface area contributed by atoms with Crippen LogP contribution in [0.5, 0.6) is 0 Å². The van der Waals surface area contributed by atoms with Crippen LogP contribution in [0.15, 0.2) is 60.9 Å². The zero-order valence-corrected chi connectivity index (χ0v) is 23.2. The number of thioether (sulfide) groups is 2. The van der Waals surface area contributed by atoms with E-state index < -0.39 is 0 Å². The second kappa shape index (κ2) is 12.3. The van der Waals surface area contributed by atoms with E-state index in [1.165, 1.54) is 46.4 Å². The molecule has 0 spiro atoms. The third-order valence-electron chi connectivity index (χ3n) is 5.74. The highest BCUT2D eigenvalue weighted by Crippen LogP contribution is 2.21. The fourth-order valence-electron chi connectivity index (χ4n) is 3.75.